The Morgan fingerprint density at radius 2 is 1.80 bits per heavy atom. The Hall–Kier alpha value is -1.10. The number of likely N-dealkylation sites (tertiary alicyclic amines) is 1. The Balaban J connectivity index is 2.19. The van der Waals surface area contributed by atoms with Gasteiger partial charge < -0.3 is 16.0 Å². The lowest BCUT2D eigenvalue weighted by atomic mass is 9.91. The highest BCUT2D eigenvalue weighted by Crippen LogP contribution is 2.20. The van der Waals surface area contributed by atoms with E-state index in [1.807, 2.05) is 25.7 Å². The standard InChI is InChI=1S/C15H29N3O2/c1-11(2)17-14(19)5-4-6-15(20)18-9-7-13(8-10-18)12(3)16/h11-13H,4-10,16H2,1-3H3,(H,17,19). The average Bonchev–Trinajstić information content (AvgIpc) is 2.37. The molecule has 1 aliphatic heterocycles. The third-order valence-electron chi connectivity index (χ3n) is 3.88. The number of hydrogen-bond acceptors (Lipinski definition) is 3. The quantitative estimate of drug-likeness (QED) is 0.770. The Kier molecular flexibility index (Phi) is 6.99. The van der Waals surface area contributed by atoms with Gasteiger partial charge in [-0.3, -0.25) is 9.59 Å². The van der Waals surface area contributed by atoms with Crippen molar-refractivity contribution in [3.8, 4) is 0 Å². The first-order chi connectivity index (χ1) is 9.40. The van der Waals surface area contributed by atoms with Crippen LogP contribution in [0.25, 0.3) is 0 Å². The van der Waals surface area contributed by atoms with E-state index in [1.54, 1.807) is 0 Å². The number of carbonyl (C=O) groups is 2. The van der Waals surface area contributed by atoms with Gasteiger partial charge in [-0.15, -0.1) is 0 Å². The van der Waals surface area contributed by atoms with Gasteiger partial charge in [-0.05, 0) is 46.0 Å². The highest BCUT2D eigenvalue weighted by molar-refractivity contribution is 5.79. The molecule has 0 aromatic rings. The Morgan fingerprint density at radius 1 is 1.20 bits per heavy atom. The maximum atomic E-state index is 12.0. The largest absolute Gasteiger partial charge is 0.354 e. The van der Waals surface area contributed by atoms with Gasteiger partial charge in [0.1, 0.15) is 0 Å². The molecule has 1 atom stereocenters. The van der Waals surface area contributed by atoms with E-state index in [2.05, 4.69) is 5.32 Å². The minimum Gasteiger partial charge on any atom is -0.354 e. The summed E-state index contributed by atoms with van der Waals surface area (Å²) in [4.78, 5) is 25.4. The molecule has 1 fully saturated rings. The van der Waals surface area contributed by atoms with Crippen LogP contribution in [0.4, 0.5) is 0 Å². The van der Waals surface area contributed by atoms with E-state index in [9.17, 15) is 9.59 Å². The van der Waals surface area contributed by atoms with Crippen LogP contribution in [0, 0.1) is 5.92 Å². The first-order valence-electron chi connectivity index (χ1n) is 7.73. The van der Waals surface area contributed by atoms with Crippen molar-refractivity contribution < 1.29 is 9.59 Å². The molecule has 20 heavy (non-hydrogen) atoms. The van der Waals surface area contributed by atoms with Crippen LogP contribution in [-0.4, -0.2) is 41.9 Å². The minimum absolute atomic E-state index is 0.0310. The van der Waals surface area contributed by atoms with E-state index < -0.39 is 0 Å². The lowest BCUT2D eigenvalue weighted by Gasteiger charge is -2.33. The fourth-order valence-electron chi connectivity index (χ4n) is 2.63. The second kappa shape index (κ2) is 8.25. The molecule has 1 unspecified atom stereocenters. The summed E-state index contributed by atoms with van der Waals surface area (Å²) in [5, 5.41) is 2.84. The molecule has 0 spiro atoms. The first-order valence-corrected chi connectivity index (χ1v) is 7.73. The van der Waals surface area contributed by atoms with Crippen molar-refractivity contribution >= 4 is 11.8 Å². The molecule has 0 aromatic heterocycles. The molecule has 0 aliphatic carbocycles. The van der Waals surface area contributed by atoms with Gasteiger partial charge in [-0.2, -0.15) is 0 Å². The smallest absolute Gasteiger partial charge is 0.222 e. The summed E-state index contributed by atoms with van der Waals surface area (Å²) in [6, 6.07) is 0.377. The molecule has 1 saturated heterocycles. The van der Waals surface area contributed by atoms with Gasteiger partial charge in [0.05, 0.1) is 0 Å². The average molecular weight is 283 g/mol. The van der Waals surface area contributed by atoms with E-state index in [0.29, 0.717) is 25.2 Å². The Labute approximate surface area is 122 Å². The van der Waals surface area contributed by atoms with Crippen LogP contribution in [0.2, 0.25) is 0 Å². The van der Waals surface area contributed by atoms with E-state index in [4.69, 9.17) is 5.73 Å². The van der Waals surface area contributed by atoms with Crippen molar-refractivity contribution in [1.29, 1.82) is 0 Å². The Bertz CT molecular complexity index is 321. The topological polar surface area (TPSA) is 75.4 Å². The molecule has 2 amide bonds. The van der Waals surface area contributed by atoms with Crippen LogP contribution >= 0.6 is 0 Å². The molecule has 1 heterocycles. The second-order valence-electron chi connectivity index (χ2n) is 6.15. The van der Waals surface area contributed by atoms with Crippen LogP contribution in [0.3, 0.4) is 0 Å². The lowest BCUT2D eigenvalue weighted by molar-refractivity contribution is -0.132. The number of hydrogen-bond donors (Lipinski definition) is 2. The molecule has 5 heteroatoms. The molecule has 0 saturated carbocycles. The molecule has 116 valence electrons. The summed E-state index contributed by atoms with van der Waals surface area (Å²) in [5.74, 6) is 0.741. The zero-order valence-electron chi connectivity index (χ0n) is 13.0. The zero-order valence-corrected chi connectivity index (χ0v) is 13.0. The molecule has 3 N–H and O–H groups in total. The SMILES string of the molecule is CC(C)NC(=O)CCCC(=O)N1CCC(C(C)N)CC1. The van der Waals surface area contributed by atoms with E-state index in [0.717, 1.165) is 25.9 Å². The van der Waals surface area contributed by atoms with Gasteiger partial charge in [0.25, 0.3) is 0 Å². The van der Waals surface area contributed by atoms with Crippen molar-refractivity contribution in [1.82, 2.24) is 10.2 Å². The summed E-state index contributed by atoms with van der Waals surface area (Å²) in [5.41, 5.74) is 5.89. The molecular formula is C15H29N3O2. The monoisotopic (exact) mass is 283 g/mol. The number of piperidine rings is 1. The highest BCUT2D eigenvalue weighted by Gasteiger charge is 2.24. The highest BCUT2D eigenvalue weighted by atomic mass is 16.2. The van der Waals surface area contributed by atoms with E-state index >= 15 is 0 Å². The van der Waals surface area contributed by atoms with Crippen LogP contribution in [-0.2, 0) is 9.59 Å². The zero-order chi connectivity index (χ0) is 15.1. The van der Waals surface area contributed by atoms with E-state index in [1.165, 1.54) is 0 Å². The number of nitrogens with one attached hydrogen (secondary N) is 1. The molecular weight excluding hydrogens is 254 g/mol. The van der Waals surface area contributed by atoms with Crippen molar-refractivity contribution in [3.05, 3.63) is 0 Å². The molecule has 1 aliphatic rings. The van der Waals surface area contributed by atoms with Gasteiger partial charge in [-0.1, -0.05) is 0 Å². The summed E-state index contributed by atoms with van der Waals surface area (Å²) < 4.78 is 0. The fraction of sp³-hybridized carbons (Fsp3) is 0.867. The third kappa shape index (κ3) is 5.90. The maximum Gasteiger partial charge on any atom is 0.222 e. The molecule has 1 rings (SSSR count). The maximum absolute atomic E-state index is 12.0. The number of nitrogens with zero attached hydrogens (tertiary/aromatic N) is 1. The normalized spacial score (nSPS) is 18.1. The van der Waals surface area contributed by atoms with Crippen molar-refractivity contribution in [2.24, 2.45) is 11.7 Å². The van der Waals surface area contributed by atoms with Crippen LogP contribution in [0.15, 0.2) is 0 Å². The van der Waals surface area contributed by atoms with Gasteiger partial charge in [0.2, 0.25) is 11.8 Å². The predicted octanol–water partition coefficient (Wildman–Crippen LogP) is 1.27. The summed E-state index contributed by atoms with van der Waals surface area (Å²) in [6.07, 6.45) is 3.52. The molecule has 0 bridgehead atoms. The molecule has 0 aromatic carbocycles. The number of nitrogens with two attached hydrogens (primary N) is 1. The van der Waals surface area contributed by atoms with E-state index in [-0.39, 0.29) is 23.9 Å². The molecule has 0 radical (unpaired) electrons. The second-order valence-corrected chi connectivity index (χ2v) is 6.15. The number of rotatable bonds is 6. The first kappa shape index (κ1) is 17.0. The van der Waals surface area contributed by atoms with Crippen molar-refractivity contribution in [3.63, 3.8) is 0 Å². The summed E-state index contributed by atoms with van der Waals surface area (Å²) >= 11 is 0. The van der Waals surface area contributed by atoms with Gasteiger partial charge >= 0.3 is 0 Å². The fourth-order valence-corrected chi connectivity index (χ4v) is 2.63. The molecule has 5 nitrogen and oxygen atoms in total. The minimum atomic E-state index is 0.0310. The summed E-state index contributed by atoms with van der Waals surface area (Å²) in [6.45, 7) is 7.53. The van der Waals surface area contributed by atoms with Crippen molar-refractivity contribution in [2.45, 2.75) is 65.0 Å². The van der Waals surface area contributed by atoms with Crippen molar-refractivity contribution in [2.75, 3.05) is 13.1 Å². The van der Waals surface area contributed by atoms with Gasteiger partial charge in [-0.25, -0.2) is 0 Å². The summed E-state index contributed by atoms with van der Waals surface area (Å²) in [7, 11) is 0. The number of carbonyl (C=O) groups excluding carboxylic acids is 2. The lowest BCUT2D eigenvalue weighted by Crippen LogP contribution is -2.42. The number of amides is 2. The van der Waals surface area contributed by atoms with Crippen LogP contribution in [0.1, 0.15) is 52.9 Å². The van der Waals surface area contributed by atoms with Gasteiger partial charge in [0.15, 0.2) is 0 Å². The van der Waals surface area contributed by atoms with Crippen LogP contribution in [0.5, 0.6) is 0 Å². The predicted molar refractivity (Wildman–Crippen MR) is 80.1 cm³/mol. The Morgan fingerprint density at radius 3 is 2.30 bits per heavy atom. The third-order valence-corrected chi connectivity index (χ3v) is 3.88. The van der Waals surface area contributed by atoms with Crippen LogP contribution < -0.4 is 11.1 Å². The van der Waals surface area contributed by atoms with Gasteiger partial charge in [0, 0.05) is 38.0 Å².